The number of benzene rings is 1. The van der Waals surface area contributed by atoms with Crippen LogP contribution >= 0.6 is 0 Å². The Morgan fingerprint density at radius 1 is 0.881 bits per heavy atom. The zero-order valence-corrected chi connectivity index (χ0v) is 24.8. The van der Waals surface area contributed by atoms with Crippen molar-refractivity contribution in [3.63, 3.8) is 0 Å². The number of esters is 1. The molecule has 1 aromatic carbocycles. The number of unbranched alkanes of at least 4 members (excludes halogenated alkanes) is 6. The first kappa shape index (κ1) is 34.2. The maximum absolute atomic E-state index is 12.2. The van der Waals surface area contributed by atoms with Gasteiger partial charge in [0.2, 0.25) is 11.8 Å². The van der Waals surface area contributed by atoms with Crippen molar-refractivity contribution >= 4 is 35.6 Å². The summed E-state index contributed by atoms with van der Waals surface area (Å²) >= 11 is 0. The lowest BCUT2D eigenvalue weighted by atomic mass is 10.1. The van der Waals surface area contributed by atoms with Gasteiger partial charge in [0, 0.05) is 19.3 Å². The number of hydroxylamine groups is 2. The Bertz CT molecular complexity index is 1080. The van der Waals surface area contributed by atoms with Gasteiger partial charge >= 0.3 is 11.9 Å². The Morgan fingerprint density at radius 2 is 1.45 bits per heavy atom. The molecule has 0 aromatic heterocycles. The Kier molecular flexibility index (Phi) is 13.9. The summed E-state index contributed by atoms with van der Waals surface area (Å²) in [6.07, 6.45) is 6.28. The van der Waals surface area contributed by atoms with Gasteiger partial charge in [-0.25, -0.2) is 9.59 Å². The average molecular weight is 590 g/mol. The number of hydrogen-bond donors (Lipinski definition) is 2. The van der Waals surface area contributed by atoms with Crippen LogP contribution in [0.4, 0.5) is 0 Å². The van der Waals surface area contributed by atoms with Crippen LogP contribution in [0.3, 0.4) is 0 Å². The van der Waals surface area contributed by atoms with E-state index in [1.807, 2.05) is 20.8 Å². The third kappa shape index (κ3) is 13.1. The third-order valence-electron chi connectivity index (χ3n) is 6.32. The molecule has 0 radical (unpaired) electrons. The number of rotatable bonds is 18. The van der Waals surface area contributed by atoms with E-state index in [2.05, 4.69) is 5.32 Å². The first-order valence-corrected chi connectivity index (χ1v) is 14.5. The highest BCUT2D eigenvalue weighted by molar-refractivity contribution is 6.01. The molecular weight excluding hydrogens is 546 g/mol. The number of nitrogens with two attached hydrogens (primary N) is 1. The first-order valence-electron chi connectivity index (χ1n) is 14.5. The summed E-state index contributed by atoms with van der Waals surface area (Å²) < 4.78 is 11.1. The van der Waals surface area contributed by atoms with Gasteiger partial charge in [0.25, 0.3) is 11.8 Å². The topological polar surface area (TPSA) is 171 Å². The summed E-state index contributed by atoms with van der Waals surface area (Å²) in [6.45, 7) is 6.06. The van der Waals surface area contributed by atoms with Gasteiger partial charge in [0.15, 0.2) is 0 Å². The normalized spacial score (nSPS) is 13.9. The molecule has 12 nitrogen and oxygen atoms in total. The van der Waals surface area contributed by atoms with E-state index in [4.69, 9.17) is 20.0 Å². The van der Waals surface area contributed by atoms with Gasteiger partial charge in [-0.2, -0.15) is 0 Å². The molecule has 12 heteroatoms. The number of carbonyl (C=O) groups is 6. The summed E-state index contributed by atoms with van der Waals surface area (Å²) in [5.74, 6) is -2.84. The molecule has 3 N–H and O–H groups in total. The van der Waals surface area contributed by atoms with Crippen LogP contribution in [-0.2, 0) is 33.5 Å². The fourth-order valence-corrected chi connectivity index (χ4v) is 4.11. The molecule has 232 valence electrons. The molecule has 1 aromatic rings. The van der Waals surface area contributed by atoms with Crippen molar-refractivity contribution in [2.75, 3.05) is 6.61 Å². The van der Waals surface area contributed by atoms with Crippen LogP contribution in [0, 0.1) is 0 Å². The third-order valence-corrected chi connectivity index (χ3v) is 6.32. The van der Waals surface area contributed by atoms with Crippen molar-refractivity contribution in [3.05, 3.63) is 29.8 Å². The second-order valence-corrected chi connectivity index (χ2v) is 11.2. The van der Waals surface area contributed by atoms with Gasteiger partial charge in [-0.1, -0.05) is 32.1 Å². The molecule has 4 amide bonds. The van der Waals surface area contributed by atoms with Gasteiger partial charge in [-0.15, -0.1) is 5.06 Å². The van der Waals surface area contributed by atoms with Gasteiger partial charge < -0.3 is 25.4 Å². The number of imide groups is 1. The van der Waals surface area contributed by atoms with Crippen molar-refractivity contribution in [1.82, 2.24) is 10.4 Å². The molecule has 1 aliphatic heterocycles. The minimum absolute atomic E-state index is 0.0165. The molecule has 1 aliphatic rings. The van der Waals surface area contributed by atoms with E-state index in [9.17, 15) is 28.8 Å². The van der Waals surface area contributed by atoms with Crippen LogP contribution < -0.4 is 15.8 Å². The first-order chi connectivity index (χ1) is 19.9. The lowest BCUT2D eigenvalue weighted by molar-refractivity contribution is -0.197. The van der Waals surface area contributed by atoms with Crippen LogP contribution in [0.2, 0.25) is 0 Å². The molecule has 2 rings (SSSR count). The molecule has 0 unspecified atom stereocenters. The Balaban J connectivity index is 1.50. The SMILES string of the molecule is CC(C)(C)OC(=O)c1ccc(OCCCCCCCCCC(=O)N[C@@H](CCC(=O)ON2C(=O)CCC2=O)C(N)=O)cc1. The highest BCUT2D eigenvalue weighted by Gasteiger charge is 2.33. The zero-order chi connectivity index (χ0) is 31.1. The molecule has 1 saturated heterocycles. The number of nitrogens with one attached hydrogen (secondary N) is 1. The number of amides is 4. The van der Waals surface area contributed by atoms with Crippen molar-refractivity contribution < 1.29 is 43.1 Å². The smallest absolute Gasteiger partial charge is 0.338 e. The predicted molar refractivity (Wildman–Crippen MR) is 152 cm³/mol. The van der Waals surface area contributed by atoms with Gasteiger partial charge in [-0.3, -0.25) is 19.2 Å². The van der Waals surface area contributed by atoms with Crippen molar-refractivity contribution in [3.8, 4) is 5.75 Å². The summed E-state index contributed by atoms with van der Waals surface area (Å²) in [5, 5.41) is 2.97. The van der Waals surface area contributed by atoms with Crippen molar-refractivity contribution in [1.29, 1.82) is 0 Å². The molecule has 1 fully saturated rings. The lowest BCUT2D eigenvalue weighted by Crippen LogP contribution is -2.44. The largest absolute Gasteiger partial charge is 0.494 e. The molecule has 1 heterocycles. The summed E-state index contributed by atoms with van der Waals surface area (Å²) in [4.78, 5) is 75.7. The van der Waals surface area contributed by atoms with E-state index >= 15 is 0 Å². The Labute approximate surface area is 246 Å². The van der Waals surface area contributed by atoms with E-state index in [0.29, 0.717) is 29.4 Å². The van der Waals surface area contributed by atoms with E-state index in [-0.39, 0.29) is 44.0 Å². The zero-order valence-electron chi connectivity index (χ0n) is 24.8. The Morgan fingerprint density at radius 3 is 2.02 bits per heavy atom. The summed E-state index contributed by atoms with van der Waals surface area (Å²) in [7, 11) is 0. The monoisotopic (exact) mass is 589 g/mol. The van der Waals surface area contributed by atoms with Gasteiger partial charge in [-0.05, 0) is 64.3 Å². The fraction of sp³-hybridized carbons (Fsp3) is 0.600. The van der Waals surface area contributed by atoms with Crippen LogP contribution in [0.5, 0.6) is 5.75 Å². The van der Waals surface area contributed by atoms with E-state index in [0.717, 1.165) is 38.5 Å². The second kappa shape index (κ2) is 17.1. The van der Waals surface area contributed by atoms with Crippen LogP contribution in [0.25, 0.3) is 0 Å². The number of nitrogens with zero attached hydrogens (tertiary/aromatic N) is 1. The average Bonchev–Trinajstić information content (AvgIpc) is 3.23. The number of ether oxygens (including phenoxy) is 2. The van der Waals surface area contributed by atoms with Gasteiger partial charge in [0.1, 0.15) is 17.4 Å². The number of carbonyl (C=O) groups excluding carboxylic acids is 6. The molecule has 0 saturated carbocycles. The number of primary amides is 1. The lowest BCUT2D eigenvalue weighted by Gasteiger charge is -2.19. The van der Waals surface area contributed by atoms with E-state index in [1.165, 1.54) is 0 Å². The van der Waals surface area contributed by atoms with Crippen LogP contribution in [0.15, 0.2) is 24.3 Å². The highest BCUT2D eigenvalue weighted by atomic mass is 16.7. The van der Waals surface area contributed by atoms with Crippen LogP contribution in [0.1, 0.15) is 108 Å². The molecule has 0 bridgehead atoms. The fourth-order valence-electron chi connectivity index (χ4n) is 4.11. The molecule has 0 aliphatic carbocycles. The summed E-state index contributed by atoms with van der Waals surface area (Å²) in [6, 6.07) is 5.85. The maximum Gasteiger partial charge on any atom is 0.338 e. The van der Waals surface area contributed by atoms with E-state index < -0.39 is 35.3 Å². The summed E-state index contributed by atoms with van der Waals surface area (Å²) in [5.41, 5.74) is 5.28. The standard InChI is InChI=1S/C30H43N3O9/c1-30(2,3)41-29(39)21-12-14-22(15-13-21)40-20-10-8-6-4-5-7-9-11-24(34)32-23(28(31)38)16-19-27(37)42-33-25(35)17-18-26(33)36/h12-15,23H,4-11,16-20H2,1-3H3,(H2,31,38)(H,32,34)/t23-/m0/s1. The predicted octanol–water partition coefficient (Wildman–Crippen LogP) is 3.50. The molecule has 1 atom stereocenters. The second-order valence-electron chi connectivity index (χ2n) is 11.2. The van der Waals surface area contributed by atoms with Crippen molar-refractivity contribution in [2.24, 2.45) is 5.73 Å². The quantitative estimate of drug-likeness (QED) is 0.148. The van der Waals surface area contributed by atoms with Gasteiger partial charge in [0.05, 0.1) is 18.6 Å². The van der Waals surface area contributed by atoms with Crippen LogP contribution in [-0.4, -0.2) is 58.9 Å². The minimum atomic E-state index is -1.06. The van der Waals surface area contributed by atoms with E-state index in [1.54, 1.807) is 24.3 Å². The molecule has 0 spiro atoms. The minimum Gasteiger partial charge on any atom is -0.494 e. The number of hydrogen-bond acceptors (Lipinski definition) is 9. The maximum atomic E-state index is 12.2. The van der Waals surface area contributed by atoms with Crippen molar-refractivity contribution in [2.45, 2.75) is 109 Å². The Hall–Kier alpha value is -3.96. The molecular formula is C30H43N3O9. The molecule has 42 heavy (non-hydrogen) atoms. The highest BCUT2D eigenvalue weighted by Crippen LogP contribution is 2.17.